The molecule has 1 atom stereocenters. The Labute approximate surface area is 137 Å². The van der Waals surface area contributed by atoms with Crippen LogP contribution in [0.25, 0.3) is 0 Å². The summed E-state index contributed by atoms with van der Waals surface area (Å²) in [4.78, 5) is 2.68. The summed E-state index contributed by atoms with van der Waals surface area (Å²) in [7, 11) is 0. The van der Waals surface area contributed by atoms with E-state index in [0.717, 1.165) is 32.2 Å². The molecule has 2 aliphatic rings. The average molecular weight is 339 g/mol. The van der Waals surface area contributed by atoms with Gasteiger partial charge in [0.1, 0.15) is 0 Å². The number of hydrogen-bond acceptors (Lipinski definition) is 4. The van der Waals surface area contributed by atoms with Crippen molar-refractivity contribution in [2.75, 3.05) is 39.4 Å². The Morgan fingerprint density at radius 2 is 1.90 bits per heavy atom. The van der Waals surface area contributed by atoms with E-state index in [9.17, 15) is 0 Å². The number of thiophene rings is 1. The fourth-order valence-corrected chi connectivity index (χ4v) is 3.91. The molecule has 1 N–H and O–H groups in total. The monoisotopic (exact) mass is 338 g/mol. The highest BCUT2D eigenvalue weighted by molar-refractivity contribution is 7.07. The van der Waals surface area contributed by atoms with E-state index in [1.54, 1.807) is 0 Å². The van der Waals surface area contributed by atoms with E-state index in [1.807, 2.05) is 11.3 Å². The molecule has 1 aromatic heterocycles. The zero-order chi connectivity index (χ0) is 12.2. The van der Waals surface area contributed by atoms with E-state index in [1.165, 1.54) is 31.5 Å². The van der Waals surface area contributed by atoms with Gasteiger partial charge >= 0.3 is 0 Å². The number of nitrogens with zero attached hydrogens (tertiary/aromatic N) is 1. The topological polar surface area (TPSA) is 24.5 Å². The molecule has 116 valence electrons. The lowest BCUT2D eigenvalue weighted by Crippen LogP contribution is -2.47. The Morgan fingerprint density at radius 3 is 2.50 bits per heavy atom. The summed E-state index contributed by atoms with van der Waals surface area (Å²) < 4.78 is 5.53. The van der Waals surface area contributed by atoms with Crippen LogP contribution in [0.3, 0.4) is 0 Å². The Morgan fingerprint density at radius 1 is 1.20 bits per heavy atom. The number of nitrogens with one attached hydrogen (secondary N) is 1. The van der Waals surface area contributed by atoms with Crippen molar-refractivity contribution in [1.29, 1.82) is 0 Å². The van der Waals surface area contributed by atoms with Gasteiger partial charge in [-0.25, -0.2) is 0 Å². The maximum Gasteiger partial charge on any atom is 0.0469 e. The van der Waals surface area contributed by atoms with Crippen molar-refractivity contribution in [2.24, 2.45) is 5.92 Å². The molecule has 6 heteroatoms. The Bertz CT molecular complexity index is 334. The third kappa shape index (κ3) is 4.33. The minimum Gasteiger partial charge on any atom is -0.381 e. The molecule has 3 nitrogen and oxygen atoms in total. The van der Waals surface area contributed by atoms with E-state index in [2.05, 4.69) is 27.0 Å². The van der Waals surface area contributed by atoms with Gasteiger partial charge in [0, 0.05) is 45.4 Å². The molecule has 0 bridgehead atoms. The van der Waals surface area contributed by atoms with Crippen LogP contribution in [-0.4, -0.2) is 44.3 Å². The molecule has 2 fully saturated rings. The van der Waals surface area contributed by atoms with Crippen LogP contribution in [0.5, 0.6) is 0 Å². The van der Waals surface area contributed by atoms with Crippen LogP contribution in [0.15, 0.2) is 16.8 Å². The van der Waals surface area contributed by atoms with Gasteiger partial charge < -0.3 is 10.1 Å². The quantitative estimate of drug-likeness (QED) is 0.916. The Hall–Kier alpha value is 0.160. The lowest BCUT2D eigenvalue weighted by atomic mass is 9.87. The van der Waals surface area contributed by atoms with Crippen LogP contribution in [0.4, 0.5) is 0 Å². The normalized spacial score (nSPS) is 22.6. The van der Waals surface area contributed by atoms with Crippen molar-refractivity contribution in [3.05, 3.63) is 22.4 Å². The lowest BCUT2D eigenvalue weighted by Gasteiger charge is -2.40. The zero-order valence-electron chi connectivity index (χ0n) is 11.6. The minimum atomic E-state index is 0. The second-order valence-electron chi connectivity index (χ2n) is 5.24. The van der Waals surface area contributed by atoms with Crippen LogP contribution in [-0.2, 0) is 4.74 Å². The second-order valence-corrected chi connectivity index (χ2v) is 6.02. The van der Waals surface area contributed by atoms with Crippen molar-refractivity contribution in [3.63, 3.8) is 0 Å². The van der Waals surface area contributed by atoms with Crippen LogP contribution in [0.1, 0.15) is 24.4 Å². The highest BCUT2D eigenvalue weighted by Gasteiger charge is 2.31. The van der Waals surface area contributed by atoms with E-state index in [0.29, 0.717) is 6.04 Å². The molecule has 0 saturated carbocycles. The summed E-state index contributed by atoms with van der Waals surface area (Å²) in [6.45, 7) is 6.50. The molecule has 0 amide bonds. The van der Waals surface area contributed by atoms with Crippen LogP contribution >= 0.6 is 36.2 Å². The smallest absolute Gasteiger partial charge is 0.0469 e. The number of piperazine rings is 1. The standard InChI is InChI=1S/C14H22N2OS.2ClH/c1-8-17-9-2-12(1)14(13-3-10-18-11-13)16-6-4-15-5-7-16;;/h3,10-12,14-15H,1-2,4-9H2;2*1H. The molecule has 0 spiro atoms. The molecule has 2 aliphatic heterocycles. The molecule has 3 rings (SSSR count). The summed E-state index contributed by atoms with van der Waals surface area (Å²) in [5.74, 6) is 0.770. The third-order valence-corrected chi connectivity index (χ3v) is 4.84. The van der Waals surface area contributed by atoms with Crippen LogP contribution in [0.2, 0.25) is 0 Å². The second kappa shape index (κ2) is 9.23. The SMILES string of the molecule is Cl.Cl.c1cc(C(C2CCOCC2)N2CCNCC2)cs1. The van der Waals surface area contributed by atoms with E-state index in [4.69, 9.17) is 4.74 Å². The summed E-state index contributed by atoms with van der Waals surface area (Å²) in [6, 6.07) is 2.93. The third-order valence-electron chi connectivity index (χ3n) is 4.14. The largest absolute Gasteiger partial charge is 0.381 e. The minimum absolute atomic E-state index is 0. The van der Waals surface area contributed by atoms with E-state index < -0.39 is 0 Å². The first-order valence-corrected chi connectivity index (χ1v) is 7.94. The fourth-order valence-electron chi connectivity index (χ4n) is 3.22. The molecule has 3 heterocycles. The maximum atomic E-state index is 5.53. The molecule has 0 radical (unpaired) electrons. The summed E-state index contributed by atoms with van der Waals surface area (Å²) in [5, 5.41) is 8.00. The number of halogens is 2. The van der Waals surface area contributed by atoms with Gasteiger partial charge in [0.05, 0.1) is 0 Å². The molecule has 0 aliphatic carbocycles. The van der Waals surface area contributed by atoms with Gasteiger partial charge in [-0.3, -0.25) is 4.90 Å². The van der Waals surface area contributed by atoms with Gasteiger partial charge in [-0.05, 0) is 41.1 Å². The van der Waals surface area contributed by atoms with E-state index in [-0.39, 0.29) is 24.8 Å². The van der Waals surface area contributed by atoms with Crippen molar-refractivity contribution in [1.82, 2.24) is 10.2 Å². The number of hydrogen-bond donors (Lipinski definition) is 1. The van der Waals surface area contributed by atoms with Gasteiger partial charge in [0.25, 0.3) is 0 Å². The average Bonchev–Trinajstić information content (AvgIpc) is 2.95. The first-order chi connectivity index (χ1) is 8.95. The van der Waals surface area contributed by atoms with Gasteiger partial charge in [0.15, 0.2) is 0 Å². The van der Waals surface area contributed by atoms with Gasteiger partial charge in [-0.1, -0.05) is 0 Å². The predicted octanol–water partition coefficient (Wildman–Crippen LogP) is 2.96. The number of rotatable bonds is 3. The highest BCUT2D eigenvalue weighted by atomic mass is 35.5. The van der Waals surface area contributed by atoms with Crippen molar-refractivity contribution >= 4 is 36.2 Å². The Kier molecular flexibility index (Phi) is 8.41. The molecule has 0 aromatic carbocycles. The molecular formula is C14H24Cl2N2OS. The van der Waals surface area contributed by atoms with E-state index >= 15 is 0 Å². The predicted molar refractivity (Wildman–Crippen MR) is 89.5 cm³/mol. The summed E-state index contributed by atoms with van der Waals surface area (Å²) in [5.41, 5.74) is 1.52. The van der Waals surface area contributed by atoms with Crippen molar-refractivity contribution in [3.8, 4) is 0 Å². The van der Waals surface area contributed by atoms with Gasteiger partial charge in [0.2, 0.25) is 0 Å². The summed E-state index contributed by atoms with van der Waals surface area (Å²) in [6.07, 6.45) is 2.43. The lowest BCUT2D eigenvalue weighted by molar-refractivity contribution is 0.0214. The molecule has 2 saturated heterocycles. The molecule has 1 aromatic rings. The Balaban J connectivity index is 0.000001000. The highest BCUT2D eigenvalue weighted by Crippen LogP contribution is 2.36. The fraction of sp³-hybridized carbons (Fsp3) is 0.714. The first-order valence-electron chi connectivity index (χ1n) is 7.00. The molecule has 1 unspecified atom stereocenters. The first kappa shape index (κ1) is 18.2. The van der Waals surface area contributed by atoms with Gasteiger partial charge in [-0.15, -0.1) is 24.8 Å². The molecule has 20 heavy (non-hydrogen) atoms. The summed E-state index contributed by atoms with van der Waals surface area (Å²) >= 11 is 1.82. The molecular weight excluding hydrogens is 315 g/mol. The van der Waals surface area contributed by atoms with Crippen LogP contribution in [0, 0.1) is 5.92 Å². The van der Waals surface area contributed by atoms with Crippen molar-refractivity contribution < 1.29 is 4.74 Å². The van der Waals surface area contributed by atoms with Crippen LogP contribution < -0.4 is 5.32 Å². The number of ether oxygens (including phenoxy) is 1. The zero-order valence-corrected chi connectivity index (χ0v) is 14.1. The van der Waals surface area contributed by atoms with Gasteiger partial charge in [-0.2, -0.15) is 11.3 Å². The maximum absolute atomic E-state index is 5.53. The van der Waals surface area contributed by atoms with Crippen molar-refractivity contribution in [2.45, 2.75) is 18.9 Å².